The molecule has 146 valence electrons. The zero-order chi connectivity index (χ0) is 19.6. The maximum absolute atomic E-state index is 12.8. The molecule has 1 aliphatic rings. The van der Waals surface area contributed by atoms with Crippen LogP contribution in [0.4, 0.5) is 0 Å². The summed E-state index contributed by atoms with van der Waals surface area (Å²) in [6.45, 7) is 1.24. The maximum Gasteiger partial charge on any atom is 0.251 e. The molecule has 0 bridgehead atoms. The van der Waals surface area contributed by atoms with Gasteiger partial charge in [-0.25, -0.2) is 8.42 Å². The van der Waals surface area contributed by atoms with Crippen molar-refractivity contribution >= 4 is 21.6 Å². The zero-order valence-electron chi connectivity index (χ0n) is 15.3. The van der Waals surface area contributed by atoms with E-state index in [0.29, 0.717) is 30.1 Å². The lowest BCUT2D eigenvalue weighted by Gasteiger charge is -2.26. The van der Waals surface area contributed by atoms with Crippen LogP contribution in [0.2, 0.25) is 0 Å². The molecule has 0 unspecified atom stereocenters. The average Bonchev–Trinajstić information content (AvgIpc) is 3.16. The molecule has 9 heteroatoms. The van der Waals surface area contributed by atoms with Gasteiger partial charge in [-0.05, 0) is 43.2 Å². The molecule has 1 fully saturated rings. The van der Waals surface area contributed by atoms with E-state index in [1.807, 2.05) is 24.4 Å². The highest BCUT2D eigenvalue weighted by Gasteiger charge is 2.26. The number of fused-ring (bicyclic) bond motifs is 1. The summed E-state index contributed by atoms with van der Waals surface area (Å²) in [6.07, 6.45) is 4.60. The number of amides is 1. The third kappa shape index (κ3) is 3.63. The summed E-state index contributed by atoms with van der Waals surface area (Å²) >= 11 is 0. The van der Waals surface area contributed by atoms with Crippen LogP contribution < -0.4 is 5.32 Å². The molecular weight excluding hydrogens is 378 g/mol. The van der Waals surface area contributed by atoms with E-state index in [1.54, 1.807) is 16.5 Å². The second kappa shape index (κ2) is 7.69. The fraction of sp³-hybridized carbons (Fsp3) is 0.316. The third-order valence-electron chi connectivity index (χ3n) is 4.84. The van der Waals surface area contributed by atoms with Crippen molar-refractivity contribution < 1.29 is 13.2 Å². The van der Waals surface area contributed by atoms with Crippen molar-refractivity contribution in [3.05, 3.63) is 60.0 Å². The van der Waals surface area contributed by atoms with E-state index >= 15 is 0 Å². The predicted octanol–water partition coefficient (Wildman–Crippen LogP) is 1.83. The summed E-state index contributed by atoms with van der Waals surface area (Å²) in [4.78, 5) is 12.7. The summed E-state index contributed by atoms with van der Waals surface area (Å²) in [5, 5.41) is 10.9. The summed E-state index contributed by atoms with van der Waals surface area (Å²) in [5.74, 6) is 0.240. The Bertz CT molecular complexity index is 1100. The molecule has 3 aromatic rings. The second-order valence-electron chi connectivity index (χ2n) is 6.72. The van der Waals surface area contributed by atoms with Crippen molar-refractivity contribution in [2.75, 3.05) is 13.1 Å². The van der Waals surface area contributed by atoms with Crippen LogP contribution in [0.1, 0.15) is 35.4 Å². The standard InChI is InChI=1S/C19H21N5O3S/c25-19(20-14-18-22-21-17-9-2-5-12-24(17)18)15-7-6-8-16(13-15)28(26,27)23-10-3-1-4-11-23/h2,5-9,12-13H,1,3-4,10-11,14H2,(H,20,25). The molecule has 8 nitrogen and oxygen atoms in total. The number of pyridine rings is 1. The Morgan fingerprint density at radius 1 is 1.04 bits per heavy atom. The Hall–Kier alpha value is -2.78. The Morgan fingerprint density at radius 3 is 2.68 bits per heavy atom. The van der Waals surface area contributed by atoms with Crippen LogP contribution in [0, 0.1) is 0 Å². The van der Waals surface area contributed by atoms with Crippen LogP contribution in [0.3, 0.4) is 0 Å². The number of hydrogen-bond acceptors (Lipinski definition) is 5. The number of nitrogens with zero attached hydrogens (tertiary/aromatic N) is 4. The Morgan fingerprint density at radius 2 is 1.86 bits per heavy atom. The number of hydrogen-bond donors (Lipinski definition) is 1. The maximum atomic E-state index is 12.8. The fourth-order valence-corrected chi connectivity index (χ4v) is 4.89. The van der Waals surface area contributed by atoms with Gasteiger partial charge in [0, 0.05) is 24.8 Å². The minimum absolute atomic E-state index is 0.148. The van der Waals surface area contributed by atoms with Gasteiger partial charge in [0.2, 0.25) is 10.0 Å². The van der Waals surface area contributed by atoms with Gasteiger partial charge in [-0.15, -0.1) is 10.2 Å². The molecule has 0 spiro atoms. The SMILES string of the molecule is O=C(NCc1nnc2ccccn12)c1cccc(S(=O)(=O)N2CCCCC2)c1. The van der Waals surface area contributed by atoms with Crippen molar-refractivity contribution in [1.29, 1.82) is 0 Å². The van der Waals surface area contributed by atoms with Crippen molar-refractivity contribution in [3.63, 3.8) is 0 Å². The molecule has 0 saturated carbocycles. The molecule has 1 aliphatic heterocycles. The number of benzene rings is 1. The normalized spacial score (nSPS) is 15.6. The number of nitrogens with one attached hydrogen (secondary N) is 1. The monoisotopic (exact) mass is 399 g/mol. The van der Waals surface area contributed by atoms with E-state index in [0.717, 1.165) is 19.3 Å². The van der Waals surface area contributed by atoms with Gasteiger partial charge in [-0.2, -0.15) is 4.31 Å². The molecule has 28 heavy (non-hydrogen) atoms. The van der Waals surface area contributed by atoms with Crippen LogP contribution in [0.25, 0.3) is 5.65 Å². The number of carbonyl (C=O) groups excluding carboxylic acids is 1. The first-order valence-electron chi connectivity index (χ1n) is 9.23. The van der Waals surface area contributed by atoms with E-state index in [1.165, 1.54) is 16.4 Å². The lowest BCUT2D eigenvalue weighted by Crippen LogP contribution is -2.35. The van der Waals surface area contributed by atoms with Crippen LogP contribution in [-0.4, -0.2) is 46.3 Å². The van der Waals surface area contributed by atoms with Crippen molar-refractivity contribution in [2.45, 2.75) is 30.7 Å². The van der Waals surface area contributed by atoms with Gasteiger partial charge in [0.1, 0.15) is 0 Å². The van der Waals surface area contributed by atoms with Crippen molar-refractivity contribution in [3.8, 4) is 0 Å². The molecule has 3 heterocycles. The van der Waals surface area contributed by atoms with Crippen LogP contribution in [0.15, 0.2) is 53.6 Å². The molecule has 0 atom stereocenters. The van der Waals surface area contributed by atoms with E-state index < -0.39 is 10.0 Å². The van der Waals surface area contributed by atoms with E-state index in [-0.39, 0.29) is 17.3 Å². The van der Waals surface area contributed by atoms with Gasteiger partial charge >= 0.3 is 0 Å². The Kier molecular flexibility index (Phi) is 5.10. The van der Waals surface area contributed by atoms with Crippen molar-refractivity contribution in [2.24, 2.45) is 0 Å². The summed E-state index contributed by atoms with van der Waals surface area (Å²) < 4.78 is 28.9. The predicted molar refractivity (Wildman–Crippen MR) is 103 cm³/mol. The minimum atomic E-state index is -3.58. The summed E-state index contributed by atoms with van der Waals surface area (Å²) in [5.41, 5.74) is 0.994. The van der Waals surface area contributed by atoms with Gasteiger partial charge in [-0.1, -0.05) is 18.6 Å². The summed E-state index contributed by atoms with van der Waals surface area (Å²) in [6, 6.07) is 11.7. The van der Waals surface area contributed by atoms with Crippen molar-refractivity contribution in [1.82, 2.24) is 24.2 Å². The van der Waals surface area contributed by atoms with Gasteiger partial charge in [0.15, 0.2) is 11.5 Å². The van der Waals surface area contributed by atoms with Crippen LogP contribution in [0.5, 0.6) is 0 Å². The highest BCUT2D eigenvalue weighted by Crippen LogP contribution is 2.21. The minimum Gasteiger partial charge on any atom is -0.345 e. The number of sulfonamides is 1. The number of carbonyl (C=O) groups is 1. The average molecular weight is 399 g/mol. The number of piperidine rings is 1. The largest absolute Gasteiger partial charge is 0.345 e. The molecule has 2 aromatic heterocycles. The lowest BCUT2D eigenvalue weighted by molar-refractivity contribution is 0.0949. The quantitative estimate of drug-likeness (QED) is 0.706. The number of rotatable bonds is 5. The molecule has 4 rings (SSSR count). The summed E-state index contributed by atoms with van der Waals surface area (Å²) in [7, 11) is -3.58. The first-order valence-corrected chi connectivity index (χ1v) is 10.7. The number of aromatic nitrogens is 3. The van der Waals surface area contributed by atoms with Crippen LogP contribution >= 0.6 is 0 Å². The van der Waals surface area contributed by atoms with Gasteiger partial charge in [0.25, 0.3) is 5.91 Å². The highest BCUT2D eigenvalue weighted by molar-refractivity contribution is 7.89. The van der Waals surface area contributed by atoms with Gasteiger partial charge < -0.3 is 5.32 Å². The first-order chi connectivity index (χ1) is 13.6. The second-order valence-corrected chi connectivity index (χ2v) is 8.66. The van der Waals surface area contributed by atoms with E-state index in [4.69, 9.17) is 0 Å². The molecule has 1 aromatic carbocycles. The molecule has 0 radical (unpaired) electrons. The Balaban J connectivity index is 1.50. The molecular formula is C19H21N5O3S. The van der Waals surface area contributed by atoms with E-state index in [9.17, 15) is 13.2 Å². The molecule has 1 saturated heterocycles. The van der Waals surface area contributed by atoms with Gasteiger partial charge in [-0.3, -0.25) is 9.20 Å². The molecule has 1 N–H and O–H groups in total. The first kappa shape index (κ1) is 18.6. The lowest BCUT2D eigenvalue weighted by atomic mass is 10.2. The topological polar surface area (TPSA) is 96.7 Å². The fourth-order valence-electron chi connectivity index (χ4n) is 3.32. The Labute approximate surface area is 163 Å². The molecule has 0 aliphatic carbocycles. The van der Waals surface area contributed by atoms with Crippen LogP contribution in [-0.2, 0) is 16.6 Å². The highest BCUT2D eigenvalue weighted by atomic mass is 32.2. The third-order valence-corrected chi connectivity index (χ3v) is 6.74. The van der Waals surface area contributed by atoms with Gasteiger partial charge in [0.05, 0.1) is 11.4 Å². The smallest absolute Gasteiger partial charge is 0.251 e. The molecule has 1 amide bonds. The van der Waals surface area contributed by atoms with E-state index in [2.05, 4.69) is 15.5 Å². The zero-order valence-corrected chi connectivity index (χ0v) is 16.1.